The highest BCUT2D eigenvalue weighted by Crippen LogP contribution is 2.38. The summed E-state index contributed by atoms with van der Waals surface area (Å²) in [6.45, 7) is 0.394. The standard InChI is InChI=1S/C31H36N4O4/c32-29(37)28(24-9-3-1-4-10-24)34-30(38)27-14-8-7-13-26(27)23-17-15-22(16-18-23)21-35(31(39)33-19-20-36)25-11-5-2-6-12-25/h1-6,9-12,15-18,26-28,36H,7-8,13-14,19-21H2,(H2,32,37)(H,33,39)(H,34,38). The van der Waals surface area contributed by atoms with Crippen molar-refractivity contribution in [2.75, 3.05) is 18.1 Å². The normalized spacial score (nSPS) is 17.6. The number of para-hydroxylation sites is 1. The fourth-order valence-corrected chi connectivity index (χ4v) is 5.26. The molecule has 39 heavy (non-hydrogen) atoms. The number of hydrogen-bond donors (Lipinski definition) is 4. The number of carbonyl (C=O) groups excluding carboxylic acids is 3. The Morgan fingerprint density at radius 3 is 2.18 bits per heavy atom. The number of anilines is 1. The molecule has 0 radical (unpaired) electrons. The van der Waals surface area contributed by atoms with Gasteiger partial charge in [0.05, 0.1) is 13.2 Å². The molecule has 0 saturated heterocycles. The zero-order chi connectivity index (χ0) is 27.6. The van der Waals surface area contributed by atoms with Crippen LogP contribution in [-0.2, 0) is 16.1 Å². The minimum atomic E-state index is -0.871. The Morgan fingerprint density at radius 1 is 0.897 bits per heavy atom. The van der Waals surface area contributed by atoms with Crippen LogP contribution in [0.1, 0.15) is 54.3 Å². The zero-order valence-corrected chi connectivity index (χ0v) is 22.0. The van der Waals surface area contributed by atoms with Gasteiger partial charge in [-0.15, -0.1) is 0 Å². The molecule has 1 saturated carbocycles. The topological polar surface area (TPSA) is 125 Å². The molecular weight excluding hydrogens is 492 g/mol. The van der Waals surface area contributed by atoms with Crippen LogP contribution in [0.2, 0.25) is 0 Å². The molecule has 0 aromatic heterocycles. The van der Waals surface area contributed by atoms with E-state index in [0.717, 1.165) is 42.5 Å². The molecule has 204 valence electrons. The molecule has 8 nitrogen and oxygen atoms in total. The number of rotatable bonds is 10. The van der Waals surface area contributed by atoms with Crippen LogP contribution >= 0.6 is 0 Å². The molecule has 3 atom stereocenters. The maximum Gasteiger partial charge on any atom is 0.322 e. The Morgan fingerprint density at radius 2 is 1.54 bits per heavy atom. The van der Waals surface area contributed by atoms with E-state index in [9.17, 15) is 14.4 Å². The summed E-state index contributed by atoms with van der Waals surface area (Å²) in [5.41, 5.74) is 9.06. The number of nitrogens with two attached hydrogens (primary N) is 1. The van der Waals surface area contributed by atoms with Crippen LogP contribution in [-0.4, -0.2) is 36.1 Å². The van der Waals surface area contributed by atoms with E-state index in [4.69, 9.17) is 10.8 Å². The highest BCUT2D eigenvalue weighted by molar-refractivity contribution is 5.92. The Bertz CT molecular complexity index is 1230. The van der Waals surface area contributed by atoms with Crippen molar-refractivity contribution < 1.29 is 19.5 Å². The molecule has 0 aliphatic heterocycles. The first-order chi connectivity index (χ1) is 19.0. The van der Waals surface area contributed by atoms with E-state index in [1.54, 1.807) is 17.0 Å². The van der Waals surface area contributed by atoms with E-state index in [2.05, 4.69) is 10.6 Å². The number of carbonyl (C=O) groups is 3. The van der Waals surface area contributed by atoms with E-state index in [0.29, 0.717) is 12.1 Å². The van der Waals surface area contributed by atoms with Crippen LogP contribution in [0.25, 0.3) is 0 Å². The van der Waals surface area contributed by atoms with E-state index in [1.165, 1.54) is 0 Å². The fraction of sp³-hybridized carbons (Fsp3) is 0.323. The highest BCUT2D eigenvalue weighted by atomic mass is 16.3. The van der Waals surface area contributed by atoms with Crippen molar-refractivity contribution in [3.8, 4) is 0 Å². The minimum absolute atomic E-state index is 0.0233. The van der Waals surface area contributed by atoms with E-state index in [1.807, 2.05) is 72.8 Å². The first-order valence-corrected chi connectivity index (χ1v) is 13.4. The molecule has 1 aliphatic carbocycles. The Labute approximate surface area is 229 Å². The number of urea groups is 1. The van der Waals surface area contributed by atoms with Crippen molar-refractivity contribution in [2.45, 2.75) is 44.2 Å². The Balaban J connectivity index is 1.49. The number of hydrogen-bond acceptors (Lipinski definition) is 4. The number of primary amides is 1. The molecule has 8 heteroatoms. The van der Waals surface area contributed by atoms with Crippen LogP contribution in [0.4, 0.5) is 10.5 Å². The van der Waals surface area contributed by atoms with Crippen molar-refractivity contribution in [1.82, 2.24) is 10.6 Å². The average molecular weight is 529 g/mol. The summed E-state index contributed by atoms with van der Waals surface area (Å²) in [5, 5.41) is 14.8. The van der Waals surface area contributed by atoms with Crippen molar-refractivity contribution in [3.05, 3.63) is 102 Å². The number of aliphatic hydroxyl groups excluding tert-OH is 1. The fourth-order valence-electron chi connectivity index (χ4n) is 5.26. The number of aliphatic hydroxyl groups is 1. The lowest BCUT2D eigenvalue weighted by Gasteiger charge is -2.32. The number of amides is 4. The second kappa shape index (κ2) is 13.6. The van der Waals surface area contributed by atoms with Gasteiger partial charge in [0.1, 0.15) is 6.04 Å². The van der Waals surface area contributed by atoms with Gasteiger partial charge in [-0.25, -0.2) is 4.79 Å². The Kier molecular flexibility index (Phi) is 9.69. The third-order valence-corrected chi connectivity index (χ3v) is 7.26. The lowest BCUT2D eigenvalue weighted by atomic mass is 9.74. The summed E-state index contributed by atoms with van der Waals surface area (Å²) in [6.07, 6.45) is 3.60. The molecular formula is C31H36N4O4. The second-order valence-corrected chi connectivity index (χ2v) is 9.87. The molecule has 5 N–H and O–H groups in total. The predicted octanol–water partition coefficient (Wildman–Crippen LogP) is 4.01. The van der Waals surface area contributed by atoms with E-state index >= 15 is 0 Å². The highest BCUT2D eigenvalue weighted by Gasteiger charge is 2.34. The predicted molar refractivity (Wildman–Crippen MR) is 151 cm³/mol. The van der Waals surface area contributed by atoms with Crippen LogP contribution in [0.5, 0.6) is 0 Å². The Hall–Kier alpha value is -4.17. The maximum absolute atomic E-state index is 13.4. The van der Waals surface area contributed by atoms with Gasteiger partial charge in [0.15, 0.2) is 0 Å². The quantitative estimate of drug-likeness (QED) is 0.317. The summed E-state index contributed by atoms with van der Waals surface area (Å²) in [4.78, 5) is 40.0. The molecule has 0 spiro atoms. The van der Waals surface area contributed by atoms with Gasteiger partial charge < -0.3 is 21.5 Å². The molecule has 3 aromatic carbocycles. The molecule has 0 heterocycles. The first-order valence-electron chi connectivity index (χ1n) is 13.4. The van der Waals surface area contributed by atoms with E-state index in [-0.39, 0.29) is 36.9 Å². The lowest BCUT2D eigenvalue weighted by Crippen LogP contribution is -2.42. The molecule has 1 fully saturated rings. The summed E-state index contributed by atoms with van der Waals surface area (Å²) in [5.74, 6) is -0.986. The minimum Gasteiger partial charge on any atom is -0.395 e. The molecule has 0 bridgehead atoms. The number of nitrogens with one attached hydrogen (secondary N) is 2. The van der Waals surface area contributed by atoms with Gasteiger partial charge in [-0.2, -0.15) is 0 Å². The average Bonchev–Trinajstić information content (AvgIpc) is 2.98. The first kappa shape index (κ1) is 27.9. The molecule has 4 rings (SSSR count). The monoisotopic (exact) mass is 528 g/mol. The molecule has 3 unspecified atom stereocenters. The van der Waals surface area contributed by atoms with Gasteiger partial charge in [-0.05, 0) is 47.6 Å². The van der Waals surface area contributed by atoms with Crippen molar-refractivity contribution in [3.63, 3.8) is 0 Å². The van der Waals surface area contributed by atoms with Gasteiger partial charge in [0, 0.05) is 18.2 Å². The zero-order valence-electron chi connectivity index (χ0n) is 22.0. The third kappa shape index (κ3) is 7.23. The van der Waals surface area contributed by atoms with Crippen LogP contribution in [0.15, 0.2) is 84.9 Å². The van der Waals surface area contributed by atoms with Crippen LogP contribution in [0.3, 0.4) is 0 Å². The van der Waals surface area contributed by atoms with Gasteiger partial charge in [-0.1, -0.05) is 85.6 Å². The maximum atomic E-state index is 13.4. The van der Waals surface area contributed by atoms with Gasteiger partial charge in [-0.3, -0.25) is 14.5 Å². The summed E-state index contributed by atoms with van der Waals surface area (Å²) < 4.78 is 0. The number of benzene rings is 3. The number of nitrogens with zero attached hydrogens (tertiary/aromatic N) is 1. The van der Waals surface area contributed by atoms with Gasteiger partial charge in [0.25, 0.3) is 0 Å². The van der Waals surface area contributed by atoms with Crippen LogP contribution in [0, 0.1) is 5.92 Å². The largest absolute Gasteiger partial charge is 0.395 e. The SMILES string of the molecule is NC(=O)C(NC(=O)C1CCCCC1c1ccc(CN(C(=O)NCCO)c2ccccc2)cc1)c1ccccc1. The van der Waals surface area contributed by atoms with Crippen molar-refractivity contribution in [2.24, 2.45) is 11.7 Å². The third-order valence-electron chi connectivity index (χ3n) is 7.26. The van der Waals surface area contributed by atoms with Crippen molar-refractivity contribution >= 4 is 23.5 Å². The van der Waals surface area contributed by atoms with E-state index < -0.39 is 11.9 Å². The molecule has 4 amide bonds. The smallest absolute Gasteiger partial charge is 0.322 e. The van der Waals surface area contributed by atoms with Crippen molar-refractivity contribution in [1.29, 1.82) is 0 Å². The summed E-state index contributed by atoms with van der Waals surface area (Å²) in [7, 11) is 0. The summed E-state index contributed by atoms with van der Waals surface area (Å²) in [6, 6.07) is 25.3. The van der Waals surface area contributed by atoms with Crippen LogP contribution < -0.4 is 21.3 Å². The molecule has 3 aromatic rings. The summed E-state index contributed by atoms with van der Waals surface area (Å²) >= 11 is 0. The van der Waals surface area contributed by atoms with Gasteiger partial charge in [0.2, 0.25) is 11.8 Å². The van der Waals surface area contributed by atoms with Gasteiger partial charge >= 0.3 is 6.03 Å². The second-order valence-electron chi connectivity index (χ2n) is 9.87. The lowest BCUT2D eigenvalue weighted by molar-refractivity contribution is -0.131. The molecule has 1 aliphatic rings.